The third-order valence-corrected chi connectivity index (χ3v) is 5.94. The van der Waals surface area contributed by atoms with Gasteiger partial charge in [0, 0.05) is 24.0 Å². The molecule has 1 aromatic heterocycles. The van der Waals surface area contributed by atoms with E-state index in [1.54, 1.807) is 11.3 Å². The van der Waals surface area contributed by atoms with E-state index < -0.39 is 22.4 Å². The highest BCUT2D eigenvalue weighted by Gasteiger charge is 2.21. The Bertz CT molecular complexity index is 699. The lowest BCUT2D eigenvalue weighted by Crippen LogP contribution is -2.29. The molecule has 0 aliphatic heterocycles. The molecule has 0 atom stereocenters. The van der Waals surface area contributed by atoms with Gasteiger partial charge < -0.3 is 5.11 Å². The number of aliphatic hydroxyl groups is 1. The SMILES string of the molecule is CN(CCc1cccs1)S(=O)(=O)c1ccc(F)c(CO)c1. The van der Waals surface area contributed by atoms with E-state index in [2.05, 4.69) is 0 Å². The van der Waals surface area contributed by atoms with E-state index in [1.165, 1.54) is 23.5 Å². The lowest BCUT2D eigenvalue weighted by molar-refractivity contribution is 0.275. The standard InChI is InChI=1S/C14H16FNO3S2/c1-16(7-6-12-3-2-8-20-12)21(18,19)13-4-5-14(15)11(9-13)10-17/h2-5,8-9,17H,6-7,10H2,1H3. The first-order chi connectivity index (χ1) is 9.95. The van der Waals surface area contributed by atoms with Gasteiger partial charge in [0.25, 0.3) is 0 Å². The minimum absolute atomic E-state index is 0.0124. The van der Waals surface area contributed by atoms with Crippen molar-refractivity contribution in [3.63, 3.8) is 0 Å². The summed E-state index contributed by atoms with van der Waals surface area (Å²) in [6.07, 6.45) is 0.626. The maximum Gasteiger partial charge on any atom is 0.242 e. The molecule has 0 spiro atoms. The van der Waals surface area contributed by atoms with Crippen molar-refractivity contribution in [3.8, 4) is 0 Å². The van der Waals surface area contributed by atoms with Crippen LogP contribution in [0.4, 0.5) is 4.39 Å². The van der Waals surface area contributed by atoms with E-state index in [1.807, 2.05) is 17.5 Å². The highest BCUT2D eigenvalue weighted by molar-refractivity contribution is 7.89. The van der Waals surface area contributed by atoms with Gasteiger partial charge in [0.1, 0.15) is 5.82 Å². The van der Waals surface area contributed by atoms with Gasteiger partial charge in [-0.15, -0.1) is 11.3 Å². The van der Waals surface area contributed by atoms with Gasteiger partial charge in [-0.1, -0.05) is 6.07 Å². The van der Waals surface area contributed by atoms with E-state index in [-0.39, 0.29) is 10.5 Å². The monoisotopic (exact) mass is 329 g/mol. The van der Waals surface area contributed by atoms with Crippen LogP contribution in [0.2, 0.25) is 0 Å². The summed E-state index contributed by atoms with van der Waals surface area (Å²) in [6.45, 7) is -0.192. The van der Waals surface area contributed by atoms with Crippen LogP contribution in [0.25, 0.3) is 0 Å². The fraction of sp³-hybridized carbons (Fsp3) is 0.286. The van der Waals surface area contributed by atoms with Crippen LogP contribution in [0.5, 0.6) is 0 Å². The highest BCUT2D eigenvalue weighted by Crippen LogP contribution is 2.19. The van der Waals surface area contributed by atoms with Crippen molar-refractivity contribution in [1.82, 2.24) is 4.31 Å². The number of thiophene rings is 1. The van der Waals surface area contributed by atoms with Crippen molar-refractivity contribution in [3.05, 3.63) is 52.0 Å². The molecule has 0 saturated heterocycles. The van der Waals surface area contributed by atoms with E-state index in [4.69, 9.17) is 5.11 Å². The van der Waals surface area contributed by atoms with Crippen molar-refractivity contribution < 1.29 is 17.9 Å². The zero-order valence-corrected chi connectivity index (χ0v) is 13.1. The second-order valence-electron chi connectivity index (χ2n) is 4.57. The molecule has 0 bridgehead atoms. The molecule has 0 fully saturated rings. The lowest BCUT2D eigenvalue weighted by Gasteiger charge is -2.17. The molecule has 1 heterocycles. The largest absolute Gasteiger partial charge is 0.392 e. The maximum atomic E-state index is 13.3. The molecule has 0 aliphatic rings. The number of benzene rings is 1. The van der Waals surface area contributed by atoms with Gasteiger partial charge in [-0.3, -0.25) is 0 Å². The molecule has 0 unspecified atom stereocenters. The summed E-state index contributed by atoms with van der Waals surface area (Å²) >= 11 is 1.58. The molecule has 7 heteroatoms. The molecule has 1 N–H and O–H groups in total. The zero-order chi connectivity index (χ0) is 15.5. The molecule has 0 radical (unpaired) electrons. The number of likely N-dealkylation sites (N-methyl/N-ethyl adjacent to an activating group) is 1. The van der Waals surface area contributed by atoms with Crippen molar-refractivity contribution in [2.45, 2.75) is 17.9 Å². The maximum absolute atomic E-state index is 13.3. The number of halogens is 1. The average Bonchev–Trinajstić information content (AvgIpc) is 2.98. The number of hydrogen-bond donors (Lipinski definition) is 1. The Kier molecular flexibility index (Phi) is 5.10. The zero-order valence-electron chi connectivity index (χ0n) is 11.5. The Morgan fingerprint density at radius 3 is 2.71 bits per heavy atom. The fourth-order valence-electron chi connectivity index (χ4n) is 1.86. The van der Waals surface area contributed by atoms with Crippen molar-refractivity contribution in [2.75, 3.05) is 13.6 Å². The van der Waals surface area contributed by atoms with Crippen LogP contribution in [0.3, 0.4) is 0 Å². The average molecular weight is 329 g/mol. The van der Waals surface area contributed by atoms with Crippen molar-refractivity contribution >= 4 is 21.4 Å². The predicted molar refractivity (Wildman–Crippen MR) is 80.2 cm³/mol. The van der Waals surface area contributed by atoms with Crippen LogP contribution in [0, 0.1) is 5.82 Å². The molecule has 0 saturated carbocycles. The van der Waals surface area contributed by atoms with Crippen molar-refractivity contribution in [2.24, 2.45) is 0 Å². The number of nitrogens with zero attached hydrogens (tertiary/aromatic N) is 1. The number of aliphatic hydroxyl groups excluding tert-OH is 1. The van der Waals surface area contributed by atoms with Crippen LogP contribution in [-0.2, 0) is 23.1 Å². The lowest BCUT2D eigenvalue weighted by atomic mass is 10.2. The van der Waals surface area contributed by atoms with Gasteiger partial charge in [-0.25, -0.2) is 17.1 Å². The second kappa shape index (κ2) is 6.65. The van der Waals surface area contributed by atoms with E-state index >= 15 is 0 Å². The third-order valence-electron chi connectivity index (χ3n) is 3.15. The Morgan fingerprint density at radius 2 is 2.10 bits per heavy atom. The molecule has 0 amide bonds. The van der Waals surface area contributed by atoms with Gasteiger partial charge in [-0.2, -0.15) is 0 Å². The van der Waals surface area contributed by atoms with Gasteiger partial charge in [-0.05, 0) is 36.1 Å². The first-order valence-corrected chi connectivity index (χ1v) is 8.65. The molecule has 21 heavy (non-hydrogen) atoms. The number of rotatable bonds is 6. The summed E-state index contributed by atoms with van der Waals surface area (Å²) in [6, 6.07) is 7.32. The van der Waals surface area contributed by atoms with Crippen molar-refractivity contribution in [1.29, 1.82) is 0 Å². The van der Waals surface area contributed by atoms with Gasteiger partial charge >= 0.3 is 0 Å². The number of sulfonamides is 1. The summed E-state index contributed by atoms with van der Waals surface area (Å²) in [5.41, 5.74) is -0.0252. The first-order valence-electron chi connectivity index (χ1n) is 6.33. The van der Waals surface area contributed by atoms with E-state index in [0.29, 0.717) is 13.0 Å². The molecule has 2 rings (SSSR count). The summed E-state index contributed by atoms with van der Waals surface area (Å²) < 4.78 is 39.4. The molecule has 0 aliphatic carbocycles. The predicted octanol–water partition coefficient (Wildman–Crippen LogP) is 2.24. The van der Waals surface area contributed by atoms with Crippen LogP contribution < -0.4 is 0 Å². The smallest absolute Gasteiger partial charge is 0.242 e. The van der Waals surface area contributed by atoms with Gasteiger partial charge in [0.05, 0.1) is 11.5 Å². The molecule has 114 valence electrons. The molecule has 4 nitrogen and oxygen atoms in total. The van der Waals surface area contributed by atoms with Crippen LogP contribution >= 0.6 is 11.3 Å². The van der Waals surface area contributed by atoms with Crippen LogP contribution in [0.1, 0.15) is 10.4 Å². The molecule has 1 aromatic carbocycles. The van der Waals surface area contributed by atoms with E-state index in [9.17, 15) is 12.8 Å². The normalized spacial score (nSPS) is 12.0. The second-order valence-corrected chi connectivity index (χ2v) is 7.64. The van der Waals surface area contributed by atoms with Gasteiger partial charge in [0.15, 0.2) is 0 Å². The Balaban J connectivity index is 2.16. The quantitative estimate of drug-likeness (QED) is 0.884. The fourth-order valence-corrected chi connectivity index (χ4v) is 3.78. The number of hydrogen-bond acceptors (Lipinski definition) is 4. The third kappa shape index (κ3) is 3.68. The molecule has 2 aromatic rings. The van der Waals surface area contributed by atoms with Crippen LogP contribution in [-0.4, -0.2) is 31.4 Å². The summed E-state index contributed by atoms with van der Waals surface area (Å²) in [5, 5.41) is 11.0. The Labute approximate surface area is 127 Å². The summed E-state index contributed by atoms with van der Waals surface area (Å²) in [4.78, 5) is 1.09. The topological polar surface area (TPSA) is 57.6 Å². The summed E-state index contributed by atoms with van der Waals surface area (Å²) in [5.74, 6) is -0.613. The van der Waals surface area contributed by atoms with Crippen LogP contribution in [0.15, 0.2) is 40.6 Å². The minimum Gasteiger partial charge on any atom is -0.392 e. The molecular formula is C14H16FNO3S2. The Morgan fingerprint density at radius 1 is 1.33 bits per heavy atom. The molecular weight excluding hydrogens is 313 g/mol. The minimum atomic E-state index is -3.68. The highest BCUT2D eigenvalue weighted by atomic mass is 32.2. The van der Waals surface area contributed by atoms with E-state index in [0.717, 1.165) is 10.9 Å². The van der Waals surface area contributed by atoms with Gasteiger partial charge in [0.2, 0.25) is 10.0 Å². The first kappa shape index (κ1) is 16.1. The Hall–Kier alpha value is -1.28. The summed E-state index contributed by atoms with van der Waals surface area (Å²) in [7, 11) is -2.19.